The third-order valence-electron chi connectivity index (χ3n) is 11.7. The number of unbranched alkanes of at least 4 members (excludes halogenated alkanes) is 34. The van der Waals surface area contributed by atoms with Crippen LogP contribution in [0, 0.1) is 0 Å². The fourth-order valence-electron chi connectivity index (χ4n) is 7.68. The van der Waals surface area contributed by atoms with E-state index in [1.165, 1.54) is 193 Å². The van der Waals surface area contributed by atoms with Gasteiger partial charge in [-0.05, 0) is 19.3 Å². The van der Waals surface area contributed by atoms with Gasteiger partial charge in [-0.3, -0.25) is 9.36 Å². The fraction of sp³-hybridized carbons (Fsp3) is 0.940. The molecular formula is C50H101N2O6P. The van der Waals surface area contributed by atoms with Crippen molar-refractivity contribution in [3.05, 3.63) is 12.2 Å². The predicted octanol–water partition coefficient (Wildman–Crippen LogP) is 14.1. The van der Waals surface area contributed by atoms with Gasteiger partial charge in [-0.2, -0.15) is 0 Å². The molecule has 0 saturated carbocycles. The lowest BCUT2D eigenvalue weighted by Gasteiger charge is -2.29. The number of carbonyl (C=O) groups is 1. The maximum absolute atomic E-state index is 12.9. The highest BCUT2D eigenvalue weighted by Crippen LogP contribution is 2.38. The number of allylic oxidation sites excluding steroid dienone is 1. The third-order valence-corrected chi connectivity index (χ3v) is 12.7. The van der Waals surface area contributed by atoms with E-state index in [4.69, 9.17) is 9.05 Å². The molecule has 3 atom stereocenters. The molecule has 2 N–H and O–H groups in total. The summed E-state index contributed by atoms with van der Waals surface area (Å²) >= 11 is 0. The normalized spacial score (nSPS) is 14.2. The first-order valence-electron chi connectivity index (χ1n) is 25.6. The summed E-state index contributed by atoms with van der Waals surface area (Å²) in [5.41, 5.74) is 0. The number of carbonyl (C=O) groups excluding carboxylic acids is 1. The van der Waals surface area contributed by atoms with E-state index in [0.29, 0.717) is 17.4 Å². The minimum atomic E-state index is -4.58. The highest BCUT2D eigenvalue weighted by molar-refractivity contribution is 7.45. The zero-order valence-electron chi connectivity index (χ0n) is 40.0. The molecule has 0 heterocycles. The van der Waals surface area contributed by atoms with Crippen LogP contribution in [0.3, 0.4) is 0 Å². The second-order valence-corrected chi connectivity index (χ2v) is 20.3. The number of phosphoric acid groups is 1. The van der Waals surface area contributed by atoms with Crippen LogP contribution in [0.15, 0.2) is 12.2 Å². The molecule has 0 aliphatic rings. The number of hydrogen-bond acceptors (Lipinski definition) is 6. The molecule has 0 fully saturated rings. The van der Waals surface area contributed by atoms with Crippen LogP contribution in [-0.4, -0.2) is 68.5 Å². The zero-order valence-corrected chi connectivity index (χ0v) is 40.9. The lowest BCUT2D eigenvalue weighted by Crippen LogP contribution is -2.45. The minimum absolute atomic E-state index is 0.00233. The third kappa shape index (κ3) is 45.1. The number of likely N-dealkylation sites (N-methyl/N-ethyl adjacent to an activating group) is 1. The quantitative estimate of drug-likeness (QED) is 0.0273. The Morgan fingerprint density at radius 2 is 0.915 bits per heavy atom. The van der Waals surface area contributed by atoms with Crippen LogP contribution < -0.4 is 10.2 Å². The van der Waals surface area contributed by atoms with Crippen LogP contribution in [-0.2, 0) is 18.4 Å². The van der Waals surface area contributed by atoms with Gasteiger partial charge in [0.1, 0.15) is 13.2 Å². The Hall–Kier alpha value is -0.760. The molecule has 3 unspecified atom stereocenters. The highest BCUT2D eigenvalue weighted by Gasteiger charge is 2.23. The van der Waals surface area contributed by atoms with Gasteiger partial charge in [-0.25, -0.2) is 0 Å². The summed E-state index contributed by atoms with van der Waals surface area (Å²) in [4.78, 5) is 25.4. The Balaban J connectivity index is 4.21. The average Bonchev–Trinajstić information content (AvgIpc) is 3.19. The molecule has 0 aromatic carbocycles. The lowest BCUT2D eigenvalue weighted by atomic mass is 10.0. The Morgan fingerprint density at radius 1 is 0.576 bits per heavy atom. The van der Waals surface area contributed by atoms with E-state index in [1.807, 2.05) is 27.2 Å². The van der Waals surface area contributed by atoms with Crippen LogP contribution in [0.4, 0.5) is 0 Å². The standard InChI is InChI=1S/C50H101N2O6P/c1-6-8-10-12-14-16-18-20-22-23-24-25-26-27-28-29-30-32-34-36-38-40-42-44-50(54)51-48(47-58-59(55,56)57-46-45-52(3,4)5)49(53)43-41-39-37-35-33-31-21-19-17-15-13-11-9-7-2/h41,43,48-49,53H,6-40,42,44-47H2,1-5H3,(H-,51,54,55,56)/b43-41+. The van der Waals surface area contributed by atoms with Gasteiger partial charge in [0.15, 0.2) is 0 Å². The van der Waals surface area contributed by atoms with Crippen molar-refractivity contribution in [2.75, 3.05) is 40.9 Å². The first-order chi connectivity index (χ1) is 28.5. The second-order valence-electron chi connectivity index (χ2n) is 18.9. The van der Waals surface area contributed by atoms with E-state index in [1.54, 1.807) is 6.08 Å². The fourth-order valence-corrected chi connectivity index (χ4v) is 8.41. The maximum atomic E-state index is 12.9. The van der Waals surface area contributed by atoms with Crippen molar-refractivity contribution in [2.24, 2.45) is 0 Å². The van der Waals surface area contributed by atoms with Gasteiger partial charge < -0.3 is 28.8 Å². The van der Waals surface area contributed by atoms with Crippen molar-refractivity contribution in [3.63, 3.8) is 0 Å². The molecule has 352 valence electrons. The molecule has 0 aromatic heterocycles. The molecule has 0 spiro atoms. The van der Waals surface area contributed by atoms with Gasteiger partial charge in [0, 0.05) is 6.42 Å². The van der Waals surface area contributed by atoms with Crippen LogP contribution in [0.2, 0.25) is 0 Å². The first-order valence-corrected chi connectivity index (χ1v) is 27.0. The molecule has 59 heavy (non-hydrogen) atoms. The highest BCUT2D eigenvalue weighted by atomic mass is 31.2. The number of aliphatic hydroxyl groups excluding tert-OH is 1. The molecule has 8 nitrogen and oxygen atoms in total. The Morgan fingerprint density at radius 3 is 1.27 bits per heavy atom. The summed E-state index contributed by atoms with van der Waals surface area (Å²) in [6.07, 6.45) is 49.8. The number of nitrogens with one attached hydrogen (secondary N) is 1. The van der Waals surface area contributed by atoms with Gasteiger partial charge in [0.05, 0.1) is 39.9 Å². The number of quaternary nitrogens is 1. The van der Waals surface area contributed by atoms with Crippen molar-refractivity contribution in [3.8, 4) is 0 Å². The maximum Gasteiger partial charge on any atom is 0.268 e. The molecule has 0 aromatic rings. The summed E-state index contributed by atoms with van der Waals surface area (Å²) in [5, 5.41) is 13.8. The number of hydrogen-bond donors (Lipinski definition) is 2. The van der Waals surface area contributed by atoms with Crippen LogP contribution in [0.5, 0.6) is 0 Å². The van der Waals surface area contributed by atoms with Crippen LogP contribution in [0.25, 0.3) is 0 Å². The first kappa shape index (κ1) is 58.2. The molecule has 9 heteroatoms. The van der Waals surface area contributed by atoms with E-state index in [-0.39, 0.29) is 19.1 Å². The van der Waals surface area contributed by atoms with Gasteiger partial charge in [-0.1, -0.05) is 238 Å². The molecule has 0 radical (unpaired) electrons. The zero-order chi connectivity index (χ0) is 43.6. The molecule has 0 saturated heterocycles. The van der Waals surface area contributed by atoms with Gasteiger partial charge in [0.2, 0.25) is 5.91 Å². The molecule has 0 aliphatic heterocycles. The summed E-state index contributed by atoms with van der Waals surface area (Å²) in [6, 6.07) is -0.880. The van der Waals surface area contributed by atoms with E-state index < -0.39 is 20.0 Å². The van der Waals surface area contributed by atoms with Crippen LogP contribution in [0.1, 0.15) is 251 Å². The van der Waals surface area contributed by atoms with Crippen molar-refractivity contribution in [1.82, 2.24) is 5.32 Å². The molecule has 1 amide bonds. The summed E-state index contributed by atoms with van der Waals surface area (Å²) < 4.78 is 23.3. The molecular weight excluding hydrogens is 756 g/mol. The van der Waals surface area contributed by atoms with Crippen molar-refractivity contribution >= 4 is 13.7 Å². The average molecular weight is 857 g/mol. The number of aliphatic hydroxyl groups is 1. The summed E-state index contributed by atoms with van der Waals surface area (Å²) in [7, 11) is 1.27. The SMILES string of the molecule is CCCCCCCCCCCCCC/C=C/C(O)C(COP(=O)([O-])OCC[N+](C)(C)C)NC(=O)CCCCCCCCCCCCCCCCCCCCCCCCC. The topological polar surface area (TPSA) is 108 Å². The molecule has 0 bridgehead atoms. The largest absolute Gasteiger partial charge is 0.756 e. The summed E-state index contributed by atoms with van der Waals surface area (Å²) in [6.45, 7) is 4.68. The second kappa shape index (κ2) is 42.5. The Labute approximate surface area is 367 Å². The Bertz CT molecular complexity index is 974. The van der Waals surface area contributed by atoms with E-state index in [9.17, 15) is 19.4 Å². The summed E-state index contributed by atoms with van der Waals surface area (Å²) in [5.74, 6) is -0.192. The van der Waals surface area contributed by atoms with E-state index in [0.717, 1.165) is 38.5 Å². The van der Waals surface area contributed by atoms with E-state index in [2.05, 4.69) is 19.2 Å². The van der Waals surface area contributed by atoms with E-state index >= 15 is 0 Å². The number of phosphoric ester groups is 1. The number of rotatable bonds is 47. The predicted molar refractivity (Wildman–Crippen MR) is 252 cm³/mol. The monoisotopic (exact) mass is 857 g/mol. The van der Waals surface area contributed by atoms with Crippen molar-refractivity contribution in [1.29, 1.82) is 0 Å². The van der Waals surface area contributed by atoms with Crippen LogP contribution >= 0.6 is 7.82 Å². The van der Waals surface area contributed by atoms with Crippen molar-refractivity contribution in [2.45, 2.75) is 264 Å². The van der Waals surface area contributed by atoms with Crippen molar-refractivity contribution < 1.29 is 32.9 Å². The molecule has 0 rings (SSSR count). The van der Waals surface area contributed by atoms with Gasteiger partial charge in [-0.15, -0.1) is 0 Å². The minimum Gasteiger partial charge on any atom is -0.756 e. The Kier molecular flexibility index (Phi) is 42.0. The molecule has 0 aliphatic carbocycles. The number of amides is 1. The van der Waals surface area contributed by atoms with Gasteiger partial charge >= 0.3 is 0 Å². The number of nitrogens with zero attached hydrogens (tertiary/aromatic N) is 1. The smallest absolute Gasteiger partial charge is 0.268 e. The lowest BCUT2D eigenvalue weighted by molar-refractivity contribution is -0.870. The van der Waals surface area contributed by atoms with Gasteiger partial charge in [0.25, 0.3) is 7.82 Å².